The minimum absolute atomic E-state index is 0.0640. The number of carbonyl (C=O) groups is 4. The van der Waals surface area contributed by atoms with Gasteiger partial charge in [0, 0.05) is 25.7 Å². The lowest BCUT2D eigenvalue weighted by Crippen LogP contribution is -2.30. The Balaban J connectivity index is 5.45. The highest BCUT2D eigenvalue weighted by Gasteiger charge is 2.30. The largest absolute Gasteiger partial charge is 0.472 e. The molecule has 3 N–H and O–H groups in total. The Morgan fingerprint density at radius 3 is 0.878 bits per heavy atom. The average Bonchev–Trinajstić information content (AvgIpc) is 0.959. The first-order valence-corrected chi connectivity index (χ1v) is 40.1. The predicted molar refractivity (Wildman–Crippen MR) is 399 cm³/mol. The third kappa shape index (κ3) is 69.4. The van der Waals surface area contributed by atoms with Gasteiger partial charge in [-0.25, -0.2) is 9.13 Å². The van der Waals surface area contributed by atoms with Gasteiger partial charge in [0.05, 0.1) is 26.4 Å². The van der Waals surface area contributed by atoms with Crippen molar-refractivity contribution in [3.05, 3.63) is 146 Å². The standard InChI is InChI=1S/C79H130O17P2/c1-5-9-13-17-21-25-29-33-36-40-43-47-51-55-59-63-76(81)89-69-74(95-78(83)65-61-57-53-49-45-39-32-28-24-20-16-12-8-4)71-93-97(85,86)91-67-73(80)68-92-98(87,88)94-72-75(96-79(84)66-62-58-54-50-46-42-38-35-31-27-23-19-15-11-7-3)70-90-77(82)64-60-56-52-48-44-41-37-34-30-26-22-18-14-10-6-2/h9-10,13-14,16,20-23,25-28,32-38,43-44,47-48,73-75,80H,5-8,11-12,15,17-19,24,29-31,39-42,45-46,49-72H2,1-4H3,(H,85,86)(H,87,88)/b13-9-,14-10-,20-16-,25-21-,26-22-,27-23-,32-28-,36-33-,37-34-,38-35-,47-43-,48-44-. The van der Waals surface area contributed by atoms with E-state index in [0.29, 0.717) is 25.7 Å². The van der Waals surface area contributed by atoms with Crippen molar-refractivity contribution in [1.29, 1.82) is 0 Å². The number of esters is 4. The second-order valence-corrected chi connectivity index (χ2v) is 27.0. The summed E-state index contributed by atoms with van der Waals surface area (Å²) in [4.78, 5) is 72.8. The van der Waals surface area contributed by atoms with E-state index in [1.54, 1.807) is 0 Å². The quantitative estimate of drug-likeness (QED) is 0.0169. The van der Waals surface area contributed by atoms with Crippen LogP contribution in [-0.4, -0.2) is 96.7 Å². The fourth-order valence-corrected chi connectivity index (χ4v) is 10.7. The number of phosphoric acid groups is 2. The molecule has 558 valence electrons. The van der Waals surface area contributed by atoms with E-state index in [1.165, 1.54) is 19.3 Å². The zero-order valence-corrected chi connectivity index (χ0v) is 62.4. The third-order valence-electron chi connectivity index (χ3n) is 14.7. The Hall–Kier alpha value is -5.06. The molecule has 0 aromatic heterocycles. The van der Waals surface area contributed by atoms with Gasteiger partial charge in [0.2, 0.25) is 0 Å². The maximum absolute atomic E-state index is 13.1. The van der Waals surface area contributed by atoms with E-state index in [9.17, 15) is 43.2 Å². The van der Waals surface area contributed by atoms with Crippen molar-refractivity contribution in [3.8, 4) is 0 Å². The van der Waals surface area contributed by atoms with Crippen molar-refractivity contribution in [1.82, 2.24) is 0 Å². The molecule has 5 unspecified atom stereocenters. The monoisotopic (exact) mass is 1410 g/mol. The van der Waals surface area contributed by atoms with Crippen LogP contribution in [0.4, 0.5) is 0 Å². The molecule has 0 amide bonds. The van der Waals surface area contributed by atoms with Crippen LogP contribution < -0.4 is 0 Å². The van der Waals surface area contributed by atoms with Gasteiger partial charge >= 0.3 is 39.5 Å². The molecule has 0 bridgehead atoms. The van der Waals surface area contributed by atoms with Crippen molar-refractivity contribution >= 4 is 39.5 Å². The molecule has 0 radical (unpaired) electrons. The van der Waals surface area contributed by atoms with Crippen molar-refractivity contribution < 1.29 is 80.2 Å². The van der Waals surface area contributed by atoms with Crippen LogP contribution in [0.3, 0.4) is 0 Å². The number of phosphoric ester groups is 2. The van der Waals surface area contributed by atoms with Crippen LogP contribution in [0.5, 0.6) is 0 Å². The van der Waals surface area contributed by atoms with Crippen LogP contribution in [-0.2, 0) is 65.4 Å². The second-order valence-electron chi connectivity index (χ2n) is 24.1. The zero-order chi connectivity index (χ0) is 71.8. The van der Waals surface area contributed by atoms with E-state index in [4.69, 9.17) is 37.0 Å². The molecule has 0 aliphatic heterocycles. The summed E-state index contributed by atoms with van der Waals surface area (Å²) in [6, 6.07) is 0. The number of carbonyl (C=O) groups excluding carboxylic acids is 4. The fraction of sp³-hybridized carbons (Fsp3) is 0.646. The second kappa shape index (κ2) is 70.4. The minimum atomic E-state index is -4.99. The lowest BCUT2D eigenvalue weighted by molar-refractivity contribution is -0.161. The zero-order valence-electron chi connectivity index (χ0n) is 60.7. The highest BCUT2D eigenvalue weighted by atomic mass is 31.2. The Morgan fingerprint density at radius 2 is 0.551 bits per heavy atom. The molecule has 0 aliphatic rings. The Bertz CT molecular complexity index is 2430. The van der Waals surface area contributed by atoms with Crippen molar-refractivity contribution in [2.45, 2.75) is 290 Å². The molecule has 0 aromatic rings. The van der Waals surface area contributed by atoms with Gasteiger partial charge in [-0.2, -0.15) is 0 Å². The average molecular weight is 1410 g/mol. The first kappa shape index (κ1) is 92.9. The van der Waals surface area contributed by atoms with E-state index < -0.39 is 97.5 Å². The molecule has 0 spiro atoms. The van der Waals surface area contributed by atoms with Crippen molar-refractivity contribution in [2.24, 2.45) is 0 Å². The summed E-state index contributed by atoms with van der Waals surface area (Å²) in [7, 11) is -9.99. The lowest BCUT2D eigenvalue weighted by Gasteiger charge is -2.21. The molecule has 0 saturated heterocycles. The van der Waals surface area contributed by atoms with Gasteiger partial charge in [-0.05, 0) is 161 Å². The van der Waals surface area contributed by atoms with E-state index >= 15 is 0 Å². The molecule has 19 heteroatoms. The molecular formula is C79H130O17P2. The molecule has 0 fully saturated rings. The van der Waals surface area contributed by atoms with Crippen LogP contribution in [0.25, 0.3) is 0 Å². The maximum Gasteiger partial charge on any atom is 0.472 e. The van der Waals surface area contributed by atoms with Crippen LogP contribution in [0.2, 0.25) is 0 Å². The molecule has 0 aromatic carbocycles. The summed E-state index contributed by atoms with van der Waals surface area (Å²) < 4.78 is 68.3. The molecule has 17 nitrogen and oxygen atoms in total. The summed E-state index contributed by atoms with van der Waals surface area (Å²) in [5.41, 5.74) is 0. The van der Waals surface area contributed by atoms with Crippen LogP contribution >= 0.6 is 15.6 Å². The molecule has 5 atom stereocenters. The highest BCUT2D eigenvalue weighted by Crippen LogP contribution is 2.45. The molecule has 98 heavy (non-hydrogen) atoms. The SMILES string of the molecule is CC/C=C\C/C=C\C/C=C\C/C=C\CCCCC(=O)OCC(COP(=O)(O)OCC(O)COP(=O)(O)OCC(COC(=O)CCCC/C=C\C/C=C\C/C=C\C/C=C\CC)OC(=O)CCCCCCC/C=C\C/C=C\CCCCC)OC(=O)CCCCCCC/C=C\C/C=C\CCC. The van der Waals surface area contributed by atoms with Gasteiger partial charge < -0.3 is 33.8 Å². The Labute approximate surface area is 592 Å². The highest BCUT2D eigenvalue weighted by molar-refractivity contribution is 7.47. The summed E-state index contributed by atoms with van der Waals surface area (Å²) >= 11 is 0. The van der Waals surface area contributed by atoms with Crippen molar-refractivity contribution in [2.75, 3.05) is 39.6 Å². The molecule has 0 aliphatic carbocycles. The third-order valence-corrected chi connectivity index (χ3v) is 16.7. The number of aliphatic hydroxyl groups is 1. The summed E-state index contributed by atoms with van der Waals surface area (Å²) in [6.07, 6.45) is 78.5. The van der Waals surface area contributed by atoms with E-state index in [2.05, 4.69) is 174 Å². The van der Waals surface area contributed by atoms with Gasteiger partial charge in [0.25, 0.3) is 0 Å². The topological polar surface area (TPSA) is 237 Å². The molecule has 0 saturated carbocycles. The smallest absolute Gasteiger partial charge is 0.462 e. The minimum Gasteiger partial charge on any atom is -0.462 e. The first-order chi connectivity index (χ1) is 47.7. The van der Waals surface area contributed by atoms with Crippen LogP contribution in [0, 0.1) is 0 Å². The van der Waals surface area contributed by atoms with Gasteiger partial charge in [0.1, 0.15) is 19.3 Å². The summed E-state index contributed by atoms with van der Waals surface area (Å²) in [6.45, 7) is 4.40. The Morgan fingerprint density at radius 1 is 0.296 bits per heavy atom. The lowest BCUT2D eigenvalue weighted by atomic mass is 10.1. The van der Waals surface area contributed by atoms with Crippen molar-refractivity contribution in [3.63, 3.8) is 0 Å². The number of hydrogen-bond acceptors (Lipinski definition) is 15. The maximum atomic E-state index is 13.1. The molecule has 0 heterocycles. The number of ether oxygens (including phenoxy) is 4. The molecule has 0 rings (SSSR count). The number of hydrogen-bond donors (Lipinski definition) is 3. The number of unbranched alkanes of at least 4 members (excludes halogenated alkanes) is 18. The number of rotatable bonds is 68. The van der Waals surface area contributed by atoms with Gasteiger partial charge in [-0.1, -0.05) is 231 Å². The van der Waals surface area contributed by atoms with Gasteiger partial charge in [0.15, 0.2) is 12.2 Å². The van der Waals surface area contributed by atoms with E-state index in [0.717, 1.165) is 173 Å². The van der Waals surface area contributed by atoms with E-state index in [-0.39, 0.29) is 25.7 Å². The number of aliphatic hydroxyl groups excluding tert-OH is 1. The predicted octanol–water partition coefficient (Wildman–Crippen LogP) is 21.1. The summed E-state index contributed by atoms with van der Waals surface area (Å²) in [5.74, 6) is -2.31. The Kier molecular flexibility index (Phi) is 66.7. The fourth-order valence-electron chi connectivity index (χ4n) is 9.15. The van der Waals surface area contributed by atoms with Crippen LogP contribution in [0.1, 0.15) is 272 Å². The van der Waals surface area contributed by atoms with Crippen LogP contribution in [0.15, 0.2) is 146 Å². The first-order valence-electron chi connectivity index (χ1n) is 37.1. The number of allylic oxidation sites excluding steroid dienone is 24. The summed E-state index contributed by atoms with van der Waals surface area (Å²) in [5, 5.41) is 10.6. The van der Waals surface area contributed by atoms with Gasteiger partial charge in [-0.3, -0.25) is 37.3 Å². The van der Waals surface area contributed by atoms with Gasteiger partial charge in [-0.15, -0.1) is 0 Å². The molecular weight excluding hydrogens is 1280 g/mol. The van der Waals surface area contributed by atoms with E-state index in [1.807, 2.05) is 0 Å². The normalized spacial score (nSPS) is 14.8.